The average Bonchev–Trinajstić information content (AvgIpc) is 2.14. The summed E-state index contributed by atoms with van der Waals surface area (Å²) in [6, 6.07) is 8.36. The minimum absolute atomic E-state index is 0.435. The molecule has 0 fully saturated rings. The second-order valence-electron chi connectivity index (χ2n) is 2.38. The van der Waals surface area contributed by atoms with Gasteiger partial charge in [0, 0.05) is 11.9 Å². The summed E-state index contributed by atoms with van der Waals surface area (Å²) in [7, 11) is -2.86. The molecule has 1 aromatic rings. The zero-order valence-corrected chi connectivity index (χ0v) is 11.1. The second-order valence-corrected chi connectivity index (χ2v) is 7.64. The summed E-state index contributed by atoms with van der Waals surface area (Å²) in [5.41, 5.74) is 0.435. The molecule has 3 nitrogen and oxygen atoms in total. The molecule has 0 bridgehead atoms. The lowest BCUT2D eigenvalue weighted by Gasteiger charge is -2.19. The van der Waals surface area contributed by atoms with Crippen LogP contribution in [0.3, 0.4) is 0 Å². The van der Waals surface area contributed by atoms with Crippen LogP contribution in [0.4, 0.5) is 5.69 Å². The fourth-order valence-electron chi connectivity index (χ4n) is 0.834. The van der Waals surface area contributed by atoms with E-state index in [4.69, 9.17) is 34.8 Å². The van der Waals surface area contributed by atoms with Crippen LogP contribution in [0.25, 0.3) is 0 Å². The van der Waals surface area contributed by atoms with Crippen LogP contribution in [0, 0.1) is 0 Å². The van der Waals surface area contributed by atoms with E-state index in [-0.39, 0.29) is 0 Å². The maximum absolute atomic E-state index is 10.9. The van der Waals surface area contributed by atoms with Crippen molar-refractivity contribution in [2.45, 2.75) is 3.12 Å². The Morgan fingerprint density at radius 2 is 1.67 bits per heavy atom. The van der Waals surface area contributed by atoms with Crippen molar-refractivity contribution < 1.29 is 8.42 Å². The number of rotatable bonds is 3. The molecule has 0 aliphatic heterocycles. The largest absolute Gasteiger partial charge is 0.257 e. The van der Waals surface area contributed by atoms with Crippen LogP contribution in [0.15, 0.2) is 30.3 Å². The van der Waals surface area contributed by atoms with Crippen LogP contribution in [0.1, 0.15) is 0 Å². The fraction of sp³-hybridized carbons (Fsp3) is 0.143. The molecule has 1 aromatic carbocycles. The molecular formula is C7H6Cl3NO2S2. The number of hydrogen-bond acceptors (Lipinski definition) is 3. The highest BCUT2D eigenvalue weighted by Crippen LogP contribution is 2.42. The summed E-state index contributed by atoms with van der Waals surface area (Å²) in [5, 5.41) is 0. The van der Waals surface area contributed by atoms with Gasteiger partial charge in [-0.3, -0.25) is 0 Å². The standard InChI is InChI=1S/C7H6Cl3NO2S2/c8-7(9,10)14-11(15(12)13)6-4-2-1-3-5-6/h1-5,15H. The lowest BCUT2D eigenvalue weighted by Crippen LogP contribution is -2.16. The topological polar surface area (TPSA) is 37.4 Å². The van der Waals surface area contributed by atoms with Crippen molar-refractivity contribution >= 4 is 63.3 Å². The molecule has 0 aromatic heterocycles. The Morgan fingerprint density at radius 1 is 1.13 bits per heavy atom. The summed E-state index contributed by atoms with van der Waals surface area (Å²) in [6.07, 6.45) is 0. The predicted octanol–water partition coefficient (Wildman–Crippen LogP) is 3.00. The molecule has 0 saturated carbocycles. The normalized spacial score (nSPS) is 11.7. The molecule has 0 radical (unpaired) electrons. The van der Waals surface area contributed by atoms with E-state index in [1.54, 1.807) is 30.3 Å². The van der Waals surface area contributed by atoms with E-state index in [2.05, 4.69) is 0 Å². The summed E-state index contributed by atoms with van der Waals surface area (Å²) in [4.78, 5) is 0. The number of nitrogens with zero attached hydrogens (tertiary/aromatic N) is 1. The Hall–Kier alpha value is 0.190. The highest BCUT2D eigenvalue weighted by molar-refractivity contribution is 8.13. The van der Waals surface area contributed by atoms with Crippen LogP contribution in [-0.2, 0) is 10.9 Å². The molecule has 0 N–H and O–H groups in total. The molecule has 0 aliphatic carbocycles. The Morgan fingerprint density at radius 3 is 2.07 bits per heavy atom. The third kappa shape index (κ3) is 4.70. The van der Waals surface area contributed by atoms with Crippen molar-refractivity contribution in [3.05, 3.63) is 30.3 Å². The SMILES string of the molecule is O=[SH](=O)N(SC(Cl)(Cl)Cl)c1ccccc1. The molecule has 0 atom stereocenters. The first-order valence-corrected chi connectivity index (χ1v) is 6.69. The number of para-hydroxylation sites is 1. The number of halogens is 3. The molecule has 15 heavy (non-hydrogen) atoms. The minimum Gasteiger partial charge on any atom is -0.210 e. The van der Waals surface area contributed by atoms with Gasteiger partial charge in [0.2, 0.25) is 10.9 Å². The third-order valence-electron chi connectivity index (χ3n) is 1.32. The van der Waals surface area contributed by atoms with Gasteiger partial charge in [-0.1, -0.05) is 53.0 Å². The maximum atomic E-state index is 10.9. The molecule has 0 spiro atoms. The Kier molecular flexibility index (Phi) is 4.86. The molecule has 84 valence electrons. The van der Waals surface area contributed by atoms with Crippen molar-refractivity contribution in [3.8, 4) is 0 Å². The number of hydrogen-bond donors (Lipinski definition) is 1. The van der Waals surface area contributed by atoms with Gasteiger partial charge >= 0.3 is 0 Å². The number of thiol groups is 1. The summed E-state index contributed by atoms with van der Waals surface area (Å²) in [6.45, 7) is 0. The number of benzene rings is 1. The van der Waals surface area contributed by atoms with Crippen molar-refractivity contribution in [3.63, 3.8) is 0 Å². The van der Waals surface area contributed by atoms with Crippen LogP contribution in [0.5, 0.6) is 0 Å². The van der Waals surface area contributed by atoms with E-state index in [1.165, 1.54) is 0 Å². The Balaban J connectivity index is 2.95. The van der Waals surface area contributed by atoms with Crippen LogP contribution < -0.4 is 3.71 Å². The van der Waals surface area contributed by atoms with Crippen LogP contribution >= 0.6 is 46.8 Å². The van der Waals surface area contributed by atoms with Crippen molar-refractivity contribution in [2.75, 3.05) is 3.71 Å². The van der Waals surface area contributed by atoms with E-state index in [1.807, 2.05) is 0 Å². The Bertz CT molecular complexity index is 383. The first-order valence-electron chi connectivity index (χ1n) is 3.65. The number of anilines is 1. The maximum Gasteiger partial charge on any atom is 0.257 e. The van der Waals surface area contributed by atoms with Gasteiger partial charge < -0.3 is 0 Å². The molecule has 8 heteroatoms. The molecular weight excluding hydrogens is 301 g/mol. The highest BCUT2D eigenvalue weighted by atomic mass is 35.6. The van der Waals surface area contributed by atoms with Gasteiger partial charge in [-0.15, -0.1) is 0 Å². The van der Waals surface area contributed by atoms with E-state index in [0.29, 0.717) is 17.6 Å². The van der Waals surface area contributed by atoms with Gasteiger partial charge in [0.1, 0.15) is 0 Å². The fourth-order valence-corrected chi connectivity index (χ4v) is 3.27. The van der Waals surface area contributed by atoms with Gasteiger partial charge in [-0.05, 0) is 12.1 Å². The first kappa shape index (κ1) is 13.3. The third-order valence-corrected chi connectivity index (χ3v) is 3.70. The van der Waals surface area contributed by atoms with Crippen LogP contribution in [-0.4, -0.2) is 11.5 Å². The quantitative estimate of drug-likeness (QED) is 0.530. The zero-order chi connectivity index (χ0) is 11.5. The lowest BCUT2D eigenvalue weighted by atomic mass is 10.3. The highest BCUT2D eigenvalue weighted by Gasteiger charge is 2.27. The molecule has 1 rings (SSSR count). The molecule has 0 amide bonds. The molecule has 0 saturated heterocycles. The first-order chi connectivity index (χ1) is 6.90. The van der Waals surface area contributed by atoms with E-state index < -0.39 is 14.0 Å². The van der Waals surface area contributed by atoms with Gasteiger partial charge in [-0.25, -0.2) is 12.1 Å². The summed E-state index contributed by atoms with van der Waals surface area (Å²) < 4.78 is 21.1. The average molecular weight is 307 g/mol. The van der Waals surface area contributed by atoms with Gasteiger partial charge in [-0.2, -0.15) is 0 Å². The van der Waals surface area contributed by atoms with E-state index in [9.17, 15) is 8.42 Å². The van der Waals surface area contributed by atoms with Crippen molar-refractivity contribution in [2.24, 2.45) is 0 Å². The summed E-state index contributed by atoms with van der Waals surface area (Å²) >= 11 is 17.1. The molecule has 0 unspecified atom stereocenters. The lowest BCUT2D eigenvalue weighted by molar-refractivity contribution is 0.616. The minimum atomic E-state index is -2.86. The van der Waals surface area contributed by atoms with Gasteiger partial charge in [0.25, 0.3) is 3.12 Å². The van der Waals surface area contributed by atoms with Crippen molar-refractivity contribution in [1.29, 1.82) is 0 Å². The van der Waals surface area contributed by atoms with Gasteiger partial charge in [0.05, 0.1) is 5.69 Å². The number of alkyl halides is 3. The van der Waals surface area contributed by atoms with Crippen LogP contribution in [0.2, 0.25) is 0 Å². The van der Waals surface area contributed by atoms with E-state index >= 15 is 0 Å². The molecule has 0 aliphatic rings. The smallest absolute Gasteiger partial charge is 0.210 e. The molecule has 0 heterocycles. The summed E-state index contributed by atoms with van der Waals surface area (Å²) in [5.74, 6) is 0. The monoisotopic (exact) mass is 305 g/mol. The Labute approximate surface area is 109 Å². The van der Waals surface area contributed by atoms with E-state index in [0.717, 1.165) is 3.71 Å². The predicted molar refractivity (Wildman–Crippen MR) is 67.1 cm³/mol. The van der Waals surface area contributed by atoms with Gasteiger partial charge in [0.15, 0.2) is 0 Å². The zero-order valence-electron chi connectivity index (χ0n) is 7.14. The second kappa shape index (κ2) is 5.50. The van der Waals surface area contributed by atoms with Crippen molar-refractivity contribution in [1.82, 2.24) is 0 Å².